The molecule has 2 heterocycles. The zero-order chi connectivity index (χ0) is 32.0. The molecular formula is C31H37Cl4N5O4. The normalized spacial score (nSPS) is 19.2. The molecule has 13 heteroatoms. The Morgan fingerprint density at radius 2 is 1.70 bits per heavy atom. The number of benzene rings is 2. The highest BCUT2D eigenvalue weighted by Gasteiger charge is 2.35. The van der Waals surface area contributed by atoms with Gasteiger partial charge in [-0.3, -0.25) is 14.4 Å². The van der Waals surface area contributed by atoms with Gasteiger partial charge >= 0.3 is 0 Å². The fourth-order valence-electron chi connectivity index (χ4n) is 6.22. The van der Waals surface area contributed by atoms with Crippen molar-refractivity contribution in [1.82, 2.24) is 14.7 Å². The maximum absolute atomic E-state index is 13.2. The Bertz CT molecular complexity index is 1380. The first kappa shape index (κ1) is 34.3. The van der Waals surface area contributed by atoms with Crippen LogP contribution < -0.4 is 5.73 Å². The Hall–Kier alpha value is -2.56. The molecular weight excluding hydrogens is 648 g/mol. The minimum absolute atomic E-state index is 0.0377. The molecule has 3 amide bonds. The van der Waals surface area contributed by atoms with Crippen LogP contribution in [0.1, 0.15) is 60.4 Å². The van der Waals surface area contributed by atoms with Crippen molar-refractivity contribution in [2.24, 2.45) is 16.8 Å². The van der Waals surface area contributed by atoms with Crippen LogP contribution in [0.5, 0.6) is 0 Å². The molecule has 238 valence electrons. The molecule has 2 atom stereocenters. The molecule has 0 bridgehead atoms. The molecule has 0 radical (unpaired) electrons. The van der Waals surface area contributed by atoms with Gasteiger partial charge < -0.3 is 25.6 Å². The van der Waals surface area contributed by atoms with E-state index >= 15 is 0 Å². The number of hydrogen-bond donors (Lipinski definition) is 2. The molecule has 2 aromatic carbocycles. The van der Waals surface area contributed by atoms with Crippen LogP contribution in [-0.4, -0.2) is 89.2 Å². The highest BCUT2D eigenvalue weighted by Crippen LogP contribution is 2.31. The molecule has 4 rings (SSSR count). The van der Waals surface area contributed by atoms with Gasteiger partial charge in [0.05, 0.1) is 22.3 Å². The van der Waals surface area contributed by atoms with E-state index in [2.05, 4.69) is 10.1 Å². The molecule has 0 aliphatic carbocycles. The van der Waals surface area contributed by atoms with Crippen LogP contribution in [0.2, 0.25) is 20.1 Å². The molecule has 2 fully saturated rings. The maximum Gasteiger partial charge on any atom is 0.254 e. The van der Waals surface area contributed by atoms with E-state index in [-0.39, 0.29) is 42.7 Å². The van der Waals surface area contributed by atoms with Crippen molar-refractivity contribution in [3.05, 3.63) is 67.6 Å². The summed E-state index contributed by atoms with van der Waals surface area (Å²) < 4.78 is 0. The number of likely N-dealkylation sites (tertiary alicyclic amines) is 2. The summed E-state index contributed by atoms with van der Waals surface area (Å²) in [6, 6.07) is 10.1. The number of primary amides is 1. The number of rotatable bonds is 11. The zero-order valence-electron chi connectivity index (χ0n) is 24.5. The Morgan fingerprint density at radius 1 is 1.02 bits per heavy atom. The largest absolute Gasteiger partial charge is 0.411 e. The highest BCUT2D eigenvalue weighted by atomic mass is 35.5. The fraction of sp³-hybridized carbons (Fsp3) is 0.484. The summed E-state index contributed by atoms with van der Waals surface area (Å²) in [4.78, 5) is 43.4. The van der Waals surface area contributed by atoms with Crippen LogP contribution in [0, 0.1) is 5.92 Å². The van der Waals surface area contributed by atoms with E-state index in [9.17, 15) is 19.6 Å². The van der Waals surface area contributed by atoms with Gasteiger partial charge in [-0.05, 0) is 74.5 Å². The van der Waals surface area contributed by atoms with Crippen molar-refractivity contribution in [2.75, 3.05) is 39.8 Å². The number of oxime groups is 1. The van der Waals surface area contributed by atoms with Gasteiger partial charge in [0.15, 0.2) is 0 Å². The molecule has 2 aliphatic rings. The summed E-state index contributed by atoms with van der Waals surface area (Å²) in [6.45, 7) is 3.04. The van der Waals surface area contributed by atoms with Crippen LogP contribution in [0.25, 0.3) is 0 Å². The van der Waals surface area contributed by atoms with E-state index in [1.54, 1.807) is 25.2 Å². The van der Waals surface area contributed by atoms with Gasteiger partial charge in [0, 0.05) is 66.6 Å². The summed E-state index contributed by atoms with van der Waals surface area (Å²) in [5.41, 5.74) is 6.90. The zero-order valence-corrected chi connectivity index (χ0v) is 27.5. The molecule has 0 aromatic heterocycles. The minimum Gasteiger partial charge on any atom is -0.411 e. The summed E-state index contributed by atoms with van der Waals surface area (Å²) in [5, 5.41) is 15.3. The predicted molar refractivity (Wildman–Crippen MR) is 174 cm³/mol. The average Bonchev–Trinajstić information content (AvgIpc) is 2.98. The number of nitrogens with zero attached hydrogens (tertiary/aromatic N) is 4. The number of halogens is 4. The van der Waals surface area contributed by atoms with Gasteiger partial charge in [0.1, 0.15) is 0 Å². The molecule has 3 N–H and O–H groups in total. The van der Waals surface area contributed by atoms with Gasteiger partial charge in [-0.2, -0.15) is 0 Å². The third-order valence-corrected chi connectivity index (χ3v) is 9.67. The van der Waals surface area contributed by atoms with Crippen molar-refractivity contribution in [2.45, 2.75) is 50.5 Å². The Labute approximate surface area is 277 Å². The molecule has 0 spiro atoms. The minimum atomic E-state index is -0.438. The van der Waals surface area contributed by atoms with Crippen LogP contribution >= 0.6 is 46.4 Å². The standard InChI is InChI=1S/C31H37Cl4N5O4/c1-38(30(42)21-13-22(32)17-23(33)14-21)18-28(37-44)25(19-4-5-26(34)27(35)15-19)8-12-39-10-6-24(7-11-39)40-9-2-3-20(31(40)43)16-29(36)41/h4-5,13-15,17,20,24-25,44H,2-3,6-12,16,18H2,1H3,(H2,36,41)/b37-28+/t20?,25-/m1/s1. The topological polar surface area (TPSA) is 120 Å². The predicted octanol–water partition coefficient (Wildman–Crippen LogP) is 5.95. The van der Waals surface area contributed by atoms with Crippen molar-refractivity contribution >= 4 is 69.8 Å². The van der Waals surface area contributed by atoms with E-state index in [4.69, 9.17) is 52.1 Å². The second-order valence-electron chi connectivity index (χ2n) is 11.5. The van der Waals surface area contributed by atoms with E-state index in [0.29, 0.717) is 57.3 Å². The number of carbonyl (C=O) groups excluding carboxylic acids is 3. The van der Waals surface area contributed by atoms with Crippen molar-refractivity contribution in [1.29, 1.82) is 0 Å². The van der Waals surface area contributed by atoms with E-state index in [1.807, 2.05) is 11.0 Å². The molecule has 0 saturated carbocycles. The van der Waals surface area contributed by atoms with Gasteiger partial charge in [-0.25, -0.2) is 0 Å². The Morgan fingerprint density at radius 3 is 2.32 bits per heavy atom. The van der Waals surface area contributed by atoms with E-state index in [1.165, 1.54) is 17.0 Å². The van der Waals surface area contributed by atoms with Crippen LogP contribution in [0.15, 0.2) is 41.6 Å². The number of nitrogens with two attached hydrogens (primary N) is 1. The first-order valence-electron chi connectivity index (χ1n) is 14.6. The first-order chi connectivity index (χ1) is 21.0. The molecule has 2 saturated heterocycles. The number of carbonyl (C=O) groups is 3. The lowest BCUT2D eigenvalue weighted by Gasteiger charge is -2.42. The SMILES string of the molecule is CN(C/C(=N\O)[C@H](CCN1CCC(N2CCCC(CC(N)=O)C2=O)CC1)c1ccc(Cl)c(Cl)c1)C(=O)c1cc(Cl)cc(Cl)c1. The molecule has 44 heavy (non-hydrogen) atoms. The summed E-state index contributed by atoms with van der Waals surface area (Å²) in [5.74, 6) is -1.40. The lowest BCUT2D eigenvalue weighted by atomic mass is 9.89. The number of hydrogen-bond acceptors (Lipinski definition) is 6. The maximum atomic E-state index is 13.2. The summed E-state index contributed by atoms with van der Waals surface area (Å²) in [7, 11) is 1.62. The van der Waals surface area contributed by atoms with Crippen molar-refractivity contribution < 1.29 is 19.6 Å². The summed E-state index contributed by atoms with van der Waals surface area (Å²) >= 11 is 24.8. The van der Waals surface area contributed by atoms with Crippen molar-refractivity contribution in [3.63, 3.8) is 0 Å². The Kier molecular flexibility index (Phi) is 12.2. The van der Waals surface area contributed by atoms with Crippen molar-refractivity contribution in [3.8, 4) is 0 Å². The van der Waals surface area contributed by atoms with E-state index in [0.717, 1.165) is 37.9 Å². The lowest BCUT2D eigenvalue weighted by molar-refractivity contribution is -0.144. The summed E-state index contributed by atoms with van der Waals surface area (Å²) in [6.07, 6.45) is 3.93. The Balaban J connectivity index is 1.43. The van der Waals surface area contributed by atoms with Gasteiger partial charge in [0.25, 0.3) is 5.91 Å². The van der Waals surface area contributed by atoms with Gasteiger partial charge in [-0.15, -0.1) is 0 Å². The van der Waals surface area contributed by atoms with E-state index < -0.39 is 5.91 Å². The monoisotopic (exact) mass is 683 g/mol. The third kappa shape index (κ3) is 8.79. The number of piperidine rings is 2. The lowest BCUT2D eigenvalue weighted by Crippen LogP contribution is -2.52. The first-order valence-corrected chi connectivity index (χ1v) is 16.2. The van der Waals surface area contributed by atoms with Gasteiger partial charge in [0.2, 0.25) is 11.8 Å². The fourth-order valence-corrected chi connectivity index (χ4v) is 7.05. The molecule has 9 nitrogen and oxygen atoms in total. The average molecular weight is 685 g/mol. The second kappa shape index (κ2) is 15.6. The smallest absolute Gasteiger partial charge is 0.254 e. The quantitative estimate of drug-likeness (QED) is 0.172. The number of amides is 3. The van der Waals surface area contributed by atoms with Crippen LogP contribution in [0.4, 0.5) is 0 Å². The third-order valence-electron chi connectivity index (χ3n) is 8.50. The van der Waals surface area contributed by atoms with Crippen LogP contribution in [0.3, 0.4) is 0 Å². The van der Waals surface area contributed by atoms with Gasteiger partial charge in [-0.1, -0.05) is 57.6 Å². The second-order valence-corrected chi connectivity index (χ2v) is 13.2. The molecule has 2 aliphatic heterocycles. The van der Waals surface area contributed by atoms with Crippen LogP contribution in [-0.2, 0) is 9.59 Å². The highest BCUT2D eigenvalue weighted by molar-refractivity contribution is 6.42. The molecule has 2 aromatic rings. The molecule has 1 unspecified atom stereocenters.